The number of carbonyl (C=O) groups is 1. The summed E-state index contributed by atoms with van der Waals surface area (Å²) in [4.78, 5) is 16.8. The Morgan fingerprint density at radius 3 is 2.04 bits per heavy atom. The average molecular weight is 423 g/mol. The number of rotatable bonds is 4. The first-order valence-corrected chi connectivity index (χ1v) is 9.04. The van der Waals surface area contributed by atoms with E-state index in [4.69, 9.17) is 9.47 Å². The van der Waals surface area contributed by atoms with Crippen molar-refractivity contribution in [3.8, 4) is 11.5 Å². The van der Waals surface area contributed by atoms with Crippen LogP contribution < -0.4 is 14.4 Å². The third kappa shape index (κ3) is 3.77. The van der Waals surface area contributed by atoms with Crippen molar-refractivity contribution in [3.63, 3.8) is 0 Å². The molecule has 0 N–H and O–H groups in total. The van der Waals surface area contributed by atoms with Gasteiger partial charge in [0.05, 0.1) is 14.2 Å². The molecule has 0 radical (unpaired) electrons. The number of anilines is 1. The minimum Gasteiger partial charge on any atom is -0.495 e. The van der Waals surface area contributed by atoms with E-state index in [9.17, 15) is 9.18 Å². The molecule has 138 valence electrons. The molecule has 2 aromatic carbocycles. The quantitative estimate of drug-likeness (QED) is 0.755. The zero-order chi connectivity index (χ0) is 18.7. The molecule has 0 atom stereocenters. The van der Waals surface area contributed by atoms with E-state index in [1.807, 2.05) is 4.90 Å². The standard InChI is InChI=1S/C19H20BrFN2O3/c1-25-16-11-13(12-17(26-2)18(16)20)19(24)23-9-7-22(8-10-23)15-5-3-14(21)4-6-15/h3-6,11-12H,7-10H2,1-2H3. The minimum atomic E-state index is -0.249. The van der Waals surface area contributed by atoms with E-state index in [2.05, 4.69) is 20.8 Å². The van der Waals surface area contributed by atoms with Gasteiger partial charge in [-0.05, 0) is 52.3 Å². The molecule has 5 nitrogen and oxygen atoms in total. The summed E-state index contributed by atoms with van der Waals surface area (Å²) in [6, 6.07) is 9.84. The summed E-state index contributed by atoms with van der Waals surface area (Å²) in [7, 11) is 3.10. The lowest BCUT2D eigenvalue weighted by Crippen LogP contribution is -2.48. The number of amides is 1. The highest BCUT2D eigenvalue weighted by molar-refractivity contribution is 9.10. The van der Waals surface area contributed by atoms with Crippen molar-refractivity contribution >= 4 is 27.5 Å². The van der Waals surface area contributed by atoms with Gasteiger partial charge in [-0.1, -0.05) is 0 Å². The Balaban J connectivity index is 1.71. The number of ether oxygens (including phenoxy) is 2. The van der Waals surface area contributed by atoms with Crippen LogP contribution in [0.25, 0.3) is 0 Å². The van der Waals surface area contributed by atoms with Crippen LogP contribution in [0.5, 0.6) is 11.5 Å². The van der Waals surface area contributed by atoms with Crippen molar-refractivity contribution in [2.45, 2.75) is 0 Å². The van der Waals surface area contributed by atoms with Crippen molar-refractivity contribution in [1.29, 1.82) is 0 Å². The number of hydrogen-bond donors (Lipinski definition) is 0. The first-order valence-electron chi connectivity index (χ1n) is 8.25. The molecule has 1 fully saturated rings. The molecule has 0 bridgehead atoms. The molecule has 0 saturated carbocycles. The molecule has 3 rings (SSSR count). The number of halogens is 2. The van der Waals surface area contributed by atoms with Crippen LogP contribution in [0.4, 0.5) is 10.1 Å². The molecule has 26 heavy (non-hydrogen) atoms. The molecule has 0 spiro atoms. The van der Waals surface area contributed by atoms with Gasteiger partial charge < -0.3 is 19.3 Å². The SMILES string of the molecule is COc1cc(C(=O)N2CCN(c3ccc(F)cc3)CC2)cc(OC)c1Br. The zero-order valence-electron chi connectivity index (χ0n) is 14.7. The van der Waals surface area contributed by atoms with Crippen LogP contribution in [0.15, 0.2) is 40.9 Å². The number of benzene rings is 2. The Kier molecular flexibility index (Phi) is 5.66. The van der Waals surface area contributed by atoms with Gasteiger partial charge in [0.2, 0.25) is 0 Å². The Morgan fingerprint density at radius 2 is 1.54 bits per heavy atom. The van der Waals surface area contributed by atoms with Gasteiger partial charge in [0, 0.05) is 37.4 Å². The molecular formula is C19H20BrFN2O3. The number of nitrogens with zero attached hydrogens (tertiary/aromatic N) is 2. The fourth-order valence-corrected chi connectivity index (χ4v) is 3.55. The number of hydrogen-bond acceptors (Lipinski definition) is 4. The van der Waals surface area contributed by atoms with Crippen LogP contribution in [0, 0.1) is 5.82 Å². The largest absolute Gasteiger partial charge is 0.495 e. The number of piperazine rings is 1. The maximum Gasteiger partial charge on any atom is 0.254 e. The van der Waals surface area contributed by atoms with Gasteiger partial charge in [-0.25, -0.2) is 4.39 Å². The molecule has 0 aromatic heterocycles. The lowest BCUT2D eigenvalue weighted by atomic mass is 10.1. The van der Waals surface area contributed by atoms with Crippen molar-refractivity contribution < 1.29 is 18.7 Å². The third-order valence-corrected chi connectivity index (χ3v) is 5.23. The zero-order valence-corrected chi connectivity index (χ0v) is 16.3. The van der Waals surface area contributed by atoms with E-state index >= 15 is 0 Å². The Morgan fingerprint density at radius 1 is 1.00 bits per heavy atom. The van der Waals surface area contributed by atoms with Gasteiger partial charge in [-0.2, -0.15) is 0 Å². The summed E-state index contributed by atoms with van der Waals surface area (Å²) >= 11 is 3.41. The van der Waals surface area contributed by atoms with Gasteiger partial charge in [0.1, 0.15) is 21.8 Å². The smallest absolute Gasteiger partial charge is 0.254 e. The Bertz CT molecular complexity index is 765. The molecule has 1 saturated heterocycles. The maximum absolute atomic E-state index is 13.1. The second-order valence-electron chi connectivity index (χ2n) is 5.95. The molecule has 2 aromatic rings. The van der Waals surface area contributed by atoms with E-state index in [-0.39, 0.29) is 11.7 Å². The fourth-order valence-electron chi connectivity index (χ4n) is 3.00. The lowest BCUT2D eigenvalue weighted by molar-refractivity contribution is 0.0746. The van der Waals surface area contributed by atoms with E-state index < -0.39 is 0 Å². The van der Waals surface area contributed by atoms with Gasteiger partial charge in [0.15, 0.2) is 0 Å². The van der Waals surface area contributed by atoms with Gasteiger partial charge in [-0.3, -0.25) is 4.79 Å². The average Bonchev–Trinajstić information content (AvgIpc) is 2.68. The van der Waals surface area contributed by atoms with E-state index in [0.717, 1.165) is 5.69 Å². The summed E-state index contributed by atoms with van der Waals surface area (Å²) in [5.74, 6) is 0.795. The van der Waals surface area contributed by atoms with Gasteiger partial charge in [0.25, 0.3) is 5.91 Å². The molecule has 7 heteroatoms. The monoisotopic (exact) mass is 422 g/mol. The summed E-state index contributed by atoms with van der Waals surface area (Å²) in [5, 5.41) is 0. The molecule has 1 aliphatic heterocycles. The highest BCUT2D eigenvalue weighted by Gasteiger charge is 2.24. The second kappa shape index (κ2) is 7.95. The predicted octanol–water partition coefficient (Wildman–Crippen LogP) is 3.57. The molecule has 1 aliphatic rings. The van der Waals surface area contributed by atoms with E-state index in [0.29, 0.717) is 47.7 Å². The predicted molar refractivity (Wildman–Crippen MR) is 102 cm³/mol. The first kappa shape index (κ1) is 18.5. The second-order valence-corrected chi connectivity index (χ2v) is 6.74. The van der Waals surface area contributed by atoms with Gasteiger partial charge in [-0.15, -0.1) is 0 Å². The molecule has 0 aliphatic carbocycles. The van der Waals surface area contributed by atoms with Gasteiger partial charge >= 0.3 is 0 Å². The highest BCUT2D eigenvalue weighted by Crippen LogP contribution is 2.36. The Labute approximate surface area is 160 Å². The third-order valence-electron chi connectivity index (χ3n) is 4.45. The van der Waals surface area contributed by atoms with Crippen molar-refractivity contribution in [2.75, 3.05) is 45.3 Å². The van der Waals surface area contributed by atoms with Crippen LogP contribution >= 0.6 is 15.9 Å². The van der Waals surface area contributed by atoms with E-state index in [1.165, 1.54) is 12.1 Å². The molecular weight excluding hydrogens is 403 g/mol. The van der Waals surface area contributed by atoms with Crippen LogP contribution in [0.1, 0.15) is 10.4 Å². The highest BCUT2D eigenvalue weighted by atomic mass is 79.9. The molecule has 1 amide bonds. The van der Waals surface area contributed by atoms with Crippen LogP contribution in [-0.4, -0.2) is 51.2 Å². The fraction of sp³-hybridized carbons (Fsp3) is 0.316. The van der Waals surface area contributed by atoms with Crippen molar-refractivity contribution in [1.82, 2.24) is 4.90 Å². The summed E-state index contributed by atoms with van der Waals surface area (Å²) < 4.78 is 24.4. The lowest BCUT2D eigenvalue weighted by Gasteiger charge is -2.36. The molecule has 0 unspecified atom stereocenters. The summed E-state index contributed by atoms with van der Waals surface area (Å²) in [5.41, 5.74) is 1.49. The first-order chi connectivity index (χ1) is 12.5. The van der Waals surface area contributed by atoms with Crippen LogP contribution in [0.2, 0.25) is 0 Å². The van der Waals surface area contributed by atoms with Crippen LogP contribution in [0.3, 0.4) is 0 Å². The topological polar surface area (TPSA) is 42.0 Å². The normalized spacial score (nSPS) is 14.3. The molecule has 1 heterocycles. The maximum atomic E-state index is 13.1. The van der Waals surface area contributed by atoms with Crippen LogP contribution in [-0.2, 0) is 0 Å². The van der Waals surface area contributed by atoms with Crippen molar-refractivity contribution in [3.05, 3.63) is 52.3 Å². The summed E-state index contributed by atoms with van der Waals surface area (Å²) in [6.07, 6.45) is 0. The number of carbonyl (C=O) groups excluding carboxylic acids is 1. The van der Waals surface area contributed by atoms with E-state index in [1.54, 1.807) is 38.5 Å². The number of methoxy groups -OCH3 is 2. The van der Waals surface area contributed by atoms with Crippen molar-refractivity contribution in [2.24, 2.45) is 0 Å². The summed E-state index contributed by atoms with van der Waals surface area (Å²) in [6.45, 7) is 2.58. The Hall–Kier alpha value is -2.28. The minimum absolute atomic E-state index is 0.0622.